The Morgan fingerprint density at radius 3 is 2.67 bits per heavy atom. The minimum atomic E-state index is -0.0544. The van der Waals surface area contributed by atoms with Crippen LogP contribution in [-0.4, -0.2) is 31.1 Å². The number of nitrogens with one attached hydrogen (secondary N) is 1. The monoisotopic (exact) mass is 384 g/mol. The molecule has 5 nitrogen and oxygen atoms in total. The van der Waals surface area contributed by atoms with Gasteiger partial charge < -0.3 is 19.4 Å². The van der Waals surface area contributed by atoms with Crippen LogP contribution in [-0.2, 0) is 19.4 Å². The fourth-order valence-corrected chi connectivity index (χ4v) is 3.47. The van der Waals surface area contributed by atoms with E-state index in [1.807, 2.05) is 41.3 Å². The number of hydrogen-bond acceptors (Lipinski definition) is 4. The van der Waals surface area contributed by atoms with E-state index in [0.29, 0.717) is 19.6 Å². The second-order valence-electron chi connectivity index (χ2n) is 6.21. The quantitative estimate of drug-likeness (QED) is 0.597. The summed E-state index contributed by atoms with van der Waals surface area (Å²) < 4.78 is 10.3. The van der Waals surface area contributed by atoms with E-state index < -0.39 is 0 Å². The van der Waals surface area contributed by atoms with Crippen molar-refractivity contribution in [1.29, 1.82) is 0 Å². The Kier molecular flexibility index (Phi) is 6.93. The molecule has 142 valence electrons. The molecule has 0 aliphatic heterocycles. The standard InChI is InChI=1S/C21H24N2O3S/c1-25-19-6-4-17(5-7-19)8-11-22-21(24)23(15-18-10-13-26-16-18)12-9-20-3-2-14-27-20/h2-7,10,13-14,16H,8-9,11-12,15H2,1H3,(H,22,24). The number of ether oxygens (including phenoxy) is 1. The van der Waals surface area contributed by atoms with Crippen molar-refractivity contribution >= 4 is 17.4 Å². The zero-order chi connectivity index (χ0) is 18.9. The summed E-state index contributed by atoms with van der Waals surface area (Å²) in [6, 6.07) is 13.9. The van der Waals surface area contributed by atoms with Gasteiger partial charge in [-0.1, -0.05) is 18.2 Å². The number of benzene rings is 1. The molecular weight excluding hydrogens is 360 g/mol. The summed E-state index contributed by atoms with van der Waals surface area (Å²) in [5, 5.41) is 5.09. The van der Waals surface area contributed by atoms with Crippen LogP contribution in [0.3, 0.4) is 0 Å². The lowest BCUT2D eigenvalue weighted by Gasteiger charge is -2.22. The van der Waals surface area contributed by atoms with Gasteiger partial charge in [0.1, 0.15) is 5.75 Å². The second-order valence-corrected chi connectivity index (χ2v) is 7.24. The molecular formula is C21H24N2O3S. The molecule has 27 heavy (non-hydrogen) atoms. The van der Waals surface area contributed by atoms with Crippen LogP contribution in [0.2, 0.25) is 0 Å². The summed E-state index contributed by atoms with van der Waals surface area (Å²) in [7, 11) is 1.65. The van der Waals surface area contributed by atoms with Crippen LogP contribution in [0.15, 0.2) is 64.8 Å². The van der Waals surface area contributed by atoms with E-state index in [4.69, 9.17) is 9.15 Å². The average molecular weight is 385 g/mol. The highest BCUT2D eigenvalue weighted by molar-refractivity contribution is 7.09. The fourth-order valence-electron chi connectivity index (χ4n) is 2.77. The molecule has 1 aromatic carbocycles. The number of carbonyl (C=O) groups excluding carboxylic acids is 1. The maximum Gasteiger partial charge on any atom is 0.317 e. The van der Waals surface area contributed by atoms with E-state index in [9.17, 15) is 4.79 Å². The normalized spacial score (nSPS) is 10.6. The number of thiophene rings is 1. The van der Waals surface area contributed by atoms with Crippen LogP contribution in [0.4, 0.5) is 4.79 Å². The van der Waals surface area contributed by atoms with Crippen molar-refractivity contribution in [2.24, 2.45) is 0 Å². The van der Waals surface area contributed by atoms with Crippen LogP contribution in [0.5, 0.6) is 5.75 Å². The van der Waals surface area contributed by atoms with Crippen molar-refractivity contribution in [3.8, 4) is 5.75 Å². The molecule has 0 bridgehead atoms. The smallest absolute Gasteiger partial charge is 0.317 e. The topological polar surface area (TPSA) is 54.7 Å². The van der Waals surface area contributed by atoms with Crippen molar-refractivity contribution in [2.45, 2.75) is 19.4 Å². The van der Waals surface area contributed by atoms with Gasteiger partial charge in [0.15, 0.2) is 0 Å². The van der Waals surface area contributed by atoms with Crippen molar-refractivity contribution < 1.29 is 13.9 Å². The van der Waals surface area contributed by atoms with Gasteiger partial charge in [-0.3, -0.25) is 0 Å². The van der Waals surface area contributed by atoms with Crippen molar-refractivity contribution in [2.75, 3.05) is 20.2 Å². The minimum absolute atomic E-state index is 0.0544. The highest BCUT2D eigenvalue weighted by Gasteiger charge is 2.14. The highest BCUT2D eigenvalue weighted by atomic mass is 32.1. The fraction of sp³-hybridized carbons (Fsp3) is 0.286. The first-order valence-electron chi connectivity index (χ1n) is 8.94. The lowest BCUT2D eigenvalue weighted by molar-refractivity contribution is 0.196. The number of nitrogens with zero attached hydrogens (tertiary/aromatic N) is 1. The molecule has 0 fully saturated rings. The lowest BCUT2D eigenvalue weighted by atomic mass is 10.1. The summed E-state index contributed by atoms with van der Waals surface area (Å²) in [5.41, 5.74) is 2.16. The summed E-state index contributed by atoms with van der Waals surface area (Å²) >= 11 is 1.72. The largest absolute Gasteiger partial charge is 0.497 e. The summed E-state index contributed by atoms with van der Waals surface area (Å²) in [5.74, 6) is 0.836. The molecule has 2 heterocycles. The third kappa shape index (κ3) is 5.89. The van der Waals surface area contributed by atoms with E-state index in [-0.39, 0.29) is 6.03 Å². The number of furan rings is 1. The summed E-state index contributed by atoms with van der Waals surface area (Å²) in [4.78, 5) is 15.8. The van der Waals surface area contributed by atoms with Crippen LogP contribution >= 0.6 is 11.3 Å². The number of urea groups is 1. The van der Waals surface area contributed by atoms with Gasteiger partial charge in [0.2, 0.25) is 0 Å². The Balaban J connectivity index is 1.52. The maximum absolute atomic E-state index is 12.7. The van der Waals surface area contributed by atoms with Crippen LogP contribution < -0.4 is 10.1 Å². The zero-order valence-electron chi connectivity index (χ0n) is 15.4. The van der Waals surface area contributed by atoms with E-state index in [0.717, 1.165) is 29.7 Å². The van der Waals surface area contributed by atoms with Gasteiger partial charge in [0.25, 0.3) is 0 Å². The third-order valence-electron chi connectivity index (χ3n) is 4.30. The van der Waals surface area contributed by atoms with Crippen LogP contribution in [0, 0.1) is 0 Å². The molecule has 3 aromatic rings. The predicted octanol–water partition coefficient (Wildman–Crippen LogP) is 4.35. The maximum atomic E-state index is 12.7. The predicted molar refractivity (Wildman–Crippen MR) is 107 cm³/mol. The van der Waals surface area contributed by atoms with Crippen molar-refractivity contribution in [1.82, 2.24) is 10.2 Å². The molecule has 0 atom stereocenters. The molecule has 1 N–H and O–H groups in total. The molecule has 0 radical (unpaired) electrons. The minimum Gasteiger partial charge on any atom is -0.497 e. The van der Waals surface area contributed by atoms with Gasteiger partial charge in [-0.15, -0.1) is 11.3 Å². The van der Waals surface area contributed by atoms with Gasteiger partial charge in [-0.25, -0.2) is 4.79 Å². The van der Waals surface area contributed by atoms with Gasteiger partial charge in [0.05, 0.1) is 26.2 Å². The van der Waals surface area contributed by atoms with Crippen LogP contribution in [0.1, 0.15) is 16.0 Å². The molecule has 6 heteroatoms. The van der Waals surface area contributed by atoms with E-state index in [1.165, 1.54) is 4.88 Å². The summed E-state index contributed by atoms with van der Waals surface area (Å²) in [6.07, 6.45) is 4.94. The number of hydrogen-bond donors (Lipinski definition) is 1. The molecule has 0 spiro atoms. The Labute approximate surface area is 163 Å². The Morgan fingerprint density at radius 1 is 1.15 bits per heavy atom. The van der Waals surface area contributed by atoms with E-state index in [1.54, 1.807) is 31.0 Å². The molecule has 2 amide bonds. The molecule has 0 aliphatic rings. The first-order chi connectivity index (χ1) is 13.2. The molecule has 0 saturated carbocycles. The molecule has 0 unspecified atom stereocenters. The van der Waals surface area contributed by atoms with Gasteiger partial charge in [-0.05, 0) is 48.1 Å². The Hall–Kier alpha value is -2.73. The van der Waals surface area contributed by atoms with Gasteiger partial charge >= 0.3 is 6.03 Å². The number of amides is 2. The first kappa shape index (κ1) is 19.0. The first-order valence-corrected chi connectivity index (χ1v) is 9.82. The van der Waals surface area contributed by atoms with Crippen LogP contribution in [0.25, 0.3) is 0 Å². The lowest BCUT2D eigenvalue weighted by Crippen LogP contribution is -2.41. The van der Waals surface area contributed by atoms with Gasteiger partial charge in [-0.2, -0.15) is 0 Å². The third-order valence-corrected chi connectivity index (χ3v) is 5.23. The number of rotatable bonds is 9. The second kappa shape index (κ2) is 9.83. The van der Waals surface area contributed by atoms with Crippen molar-refractivity contribution in [3.63, 3.8) is 0 Å². The average Bonchev–Trinajstić information content (AvgIpc) is 3.39. The molecule has 0 aliphatic carbocycles. The molecule has 2 aromatic heterocycles. The van der Waals surface area contributed by atoms with E-state index >= 15 is 0 Å². The SMILES string of the molecule is COc1ccc(CCNC(=O)N(CCc2cccs2)Cc2ccoc2)cc1. The zero-order valence-corrected chi connectivity index (χ0v) is 16.2. The summed E-state index contributed by atoms with van der Waals surface area (Å²) in [6.45, 7) is 1.79. The Morgan fingerprint density at radius 2 is 2.00 bits per heavy atom. The number of carbonyl (C=O) groups is 1. The van der Waals surface area contributed by atoms with Gasteiger partial charge in [0, 0.05) is 23.5 Å². The Bertz CT molecular complexity index is 799. The molecule has 3 rings (SSSR count). The highest BCUT2D eigenvalue weighted by Crippen LogP contribution is 2.13. The van der Waals surface area contributed by atoms with E-state index in [2.05, 4.69) is 16.8 Å². The number of methoxy groups -OCH3 is 1. The van der Waals surface area contributed by atoms with Crippen molar-refractivity contribution in [3.05, 3.63) is 76.4 Å². The molecule has 0 saturated heterocycles.